The fourth-order valence-electron chi connectivity index (χ4n) is 4.19. The van der Waals surface area contributed by atoms with Crippen molar-refractivity contribution < 1.29 is 0 Å². The Bertz CT molecular complexity index is 518. The Balaban J connectivity index is 2.04. The minimum atomic E-state index is 0.605. The third-order valence-corrected chi connectivity index (χ3v) is 5.17. The third-order valence-electron chi connectivity index (χ3n) is 5.17. The molecule has 3 rings (SSSR count). The molecule has 20 heavy (non-hydrogen) atoms. The molecule has 0 heteroatoms. The van der Waals surface area contributed by atoms with Gasteiger partial charge in [-0.2, -0.15) is 0 Å². The topological polar surface area (TPSA) is 0 Å². The monoisotopic (exact) mass is 266 g/mol. The van der Waals surface area contributed by atoms with Crippen molar-refractivity contribution in [3.63, 3.8) is 0 Å². The summed E-state index contributed by atoms with van der Waals surface area (Å²) in [5, 5.41) is 0. The molecule has 0 spiro atoms. The molecule has 0 aromatic heterocycles. The van der Waals surface area contributed by atoms with E-state index >= 15 is 0 Å². The maximum absolute atomic E-state index is 2.59. The minimum absolute atomic E-state index is 0.605. The van der Waals surface area contributed by atoms with E-state index in [9.17, 15) is 0 Å². The Morgan fingerprint density at radius 3 is 2.45 bits per heavy atom. The smallest absolute Gasteiger partial charge is 0.00894 e. The van der Waals surface area contributed by atoms with Crippen molar-refractivity contribution in [3.8, 4) is 0 Å². The minimum Gasteiger partial charge on any atom is -0.0729 e. The van der Waals surface area contributed by atoms with Gasteiger partial charge >= 0.3 is 0 Å². The van der Waals surface area contributed by atoms with Crippen LogP contribution in [0.4, 0.5) is 0 Å². The zero-order chi connectivity index (χ0) is 13.9. The maximum Gasteiger partial charge on any atom is 0.00894 e. The largest absolute Gasteiger partial charge is 0.0729 e. The summed E-state index contributed by atoms with van der Waals surface area (Å²) in [6.45, 7) is 4.68. The second-order valence-electron chi connectivity index (χ2n) is 6.21. The van der Waals surface area contributed by atoms with Gasteiger partial charge in [-0.05, 0) is 61.2 Å². The van der Waals surface area contributed by atoms with Crippen molar-refractivity contribution in [3.05, 3.63) is 58.7 Å². The predicted octanol–water partition coefficient (Wildman–Crippen LogP) is 6.02. The lowest BCUT2D eigenvalue weighted by atomic mass is 9.68. The highest BCUT2D eigenvalue weighted by Crippen LogP contribution is 2.47. The first-order valence-corrected chi connectivity index (χ1v) is 8.33. The zero-order valence-electron chi connectivity index (χ0n) is 12.9. The van der Waals surface area contributed by atoms with Gasteiger partial charge in [0.25, 0.3) is 0 Å². The molecular weight excluding hydrogens is 240 g/mol. The summed E-state index contributed by atoms with van der Waals surface area (Å²) in [4.78, 5) is 0. The second kappa shape index (κ2) is 5.99. The molecule has 0 nitrogen and oxygen atoms in total. The van der Waals surface area contributed by atoms with Gasteiger partial charge in [0.1, 0.15) is 0 Å². The van der Waals surface area contributed by atoms with E-state index in [1.54, 1.807) is 16.7 Å². The van der Waals surface area contributed by atoms with E-state index in [-0.39, 0.29) is 0 Å². The summed E-state index contributed by atoms with van der Waals surface area (Å²) >= 11 is 0. The van der Waals surface area contributed by atoms with Crippen molar-refractivity contribution in [1.29, 1.82) is 0 Å². The molecule has 2 aliphatic carbocycles. The van der Waals surface area contributed by atoms with Crippen LogP contribution in [0.2, 0.25) is 0 Å². The molecule has 0 radical (unpaired) electrons. The Morgan fingerprint density at radius 1 is 1.00 bits per heavy atom. The first kappa shape index (κ1) is 13.7. The zero-order valence-corrected chi connectivity index (χ0v) is 12.9. The van der Waals surface area contributed by atoms with Crippen molar-refractivity contribution in [2.24, 2.45) is 5.92 Å². The number of rotatable bonds is 3. The summed E-state index contributed by atoms with van der Waals surface area (Å²) in [6, 6.07) is 11.1. The van der Waals surface area contributed by atoms with Crippen LogP contribution < -0.4 is 0 Å². The second-order valence-corrected chi connectivity index (χ2v) is 6.21. The fraction of sp³-hybridized carbons (Fsp3) is 0.500. The van der Waals surface area contributed by atoms with E-state index in [1.165, 1.54) is 44.1 Å². The lowest BCUT2D eigenvalue weighted by Gasteiger charge is -2.37. The highest BCUT2D eigenvalue weighted by Gasteiger charge is 2.31. The number of allylic oxidation sites excluding steroid dienone is 4. The van der Waals surface area contributed by atoms with Gasteiger partial charge in [-0.1, -0.05) is 55.8 Å². The van der Waals surface area contributed by atoms with E-state index in [1.807, 2.05) is 0 Å². The van der Waals surface area contributed by atoms with E-state index < -0.39 is 0 Å². The average Bonchev–Trinajstić information content (AvgIpc) is 2.54. The summed E-state index contributed by atoms with van der Waals surface area (Å²) in [7, 11) is 0. The quantitative estimate of drug-likeness (QED) is 0.627. The number of hydrogen-bond donors (Lipinski definition) is 0. The van der Waals surface area contributed by atoms with Gasteiger partial charge < -0.3 is 0 Å². The van der Waals surface area contributed by atoms with Crippen molar-refractivity contribution in [2.45, 2.75) is 58.3 Å². The van der Waals surface area contributed by atoms with Crippen molar-refractivity contribution >= 4 is 0 Å². The van der Waals surface area contributed by atoms with Gasteiger partial charge in [-0.15, -0.1) is 0 Å². The Kier molecular flexibility index (Phi) is 4.10. The molecule has 0 heterocycles. The van der Waals surface area contributed by atoms with Crippen LogP contribution in [0.15, 0.2) is 53.1 Å². The fourth-order valence-corrected chi connectivity index (χ4v) is 4.19. The van der Waals surface area contributed by atoms with Crippen LogP contribution in [0, 0.1) is 5.92 Å². The normalized spacial score (nSPS) is 26.2. The van der Waals surface area contributed by atoms with Crippen LogP contribution in [-0.4, -0.2) is 0 Å². The molecule has 106 valence electrons. The van der Waals surface area contributed by atoms with E-state index in [0.717, 1.165) is 5.92 Å². The van der Waals surface area contributed by atoms with Gasteiger partial charge in [-0.25, -0.2) is 0 Å². The molecule has 0 N–H and O–H groups in total. The first-order valence-electron chi connectivity index (χ1n) is 8.33. The molecule has 2 aliphatic rings. The number of benzene rings is 1. The number of hydrogen-bond acceptors (Lipinski definition) is 0. The van der Waals surface area contributed by atoms with E-state index in [0.29, 0.717) is 5.92 Å². The van der Waals surface area contributed by atoms with E-state index in [4.69, 9.17) is 0 Å². The van der Waals surface area contributed by atoms with Crippen LogP contribution in [0.5, 0.6) is 0 Å². The molecule has 0 bridgehead atoms. The first-order chi connectivity index (χ1) is 9.85. The van der Waals surface area contributed by atoms with Gasteiger partial charge in [0, 0.05) is 5.92 Å². The molecule has 0 amide bonds. The molecule has 0 aliphatic heterocycles. The highest BCUT2D eigenvalue weighted by atomic mass is 14.4. The summed E-state index contributed by atoms with van der Waals surface area (Å²) in [5.74, 6) is 1.34. The average molecular weight is 266 g/mol. The van der Waals surface area contributed by atoms with Crippen LogP contribution in [0.3, 0.4) is 0 Å². The maximum atomic E-state index is 2.59. The lowest BCUT2D eigenvalue weighted by molar-refractivity contribution is 0.470. The highest BCUT2D eigenvalue weighted by molar-refractivity contribution is 5.46. The summed E-state index contributed by atoms with van der Waals surface area (Å²) < 4.78 is 0. The molecule has 0 fully saturated rings. The Hall–Kier alpha value is -1.30. The van der Waals surface area contributed by atoms with Crippen LogP contribution in [-0.2, 0) is 0 Å². The molecular formula is C20H26. The standard InChI is InChI=1S/C20H26/c1-3-15-14-20(16-10-6-5-7-11-16)17(4-2)19-13-9-8-12-18(15)19/h5-7,10-11,14,17,20H,3-4,8-9,12-13H2,1-2H3/t17-,20-/m0/s1. The SMILES string of the molecule is CCC1=C[C@@H](c2ccccc2)[C@@H](CC)C2=C1CCCC2. The van der Waals surface area contributed by atoms with E-state index in [2.05, 4.69) is 50.3 Å². The predicted molar refractivity (Wildman–Crippen MR) is 86.8 cm³/mol. The summed E-state index contributed by atoms with van der Waals surface area (Å²) in [6.07, 6.45) is 10.5. The lowest BCUT2D eigenvalue weighted by Crippen LogP contribution is -2.22. The van der Waals surface area contributed by atoms with Crippen LogP contribution >= 0.6 is 0 Å². The Morgan fingerprint density at radius 2 is 1.75 bits per heavy atom. The van der Waals surface area contributed by atoms with Crippen LogP contribution in [0.25, 0.3) is 0 Å². The molecule has 1 aromatic carbocycles. The van der Waals surface area contributed by atoms with Gasteiger partial charge in [-0.3, -0.25) is 0 Å². The summed E-state index contributed by atoms with van der Waals surface area (Å²) in [5.41, 5.74) is 6.67. The molecule has 0 saturated carbocycles. The molecule has 0 saturated heterocycles. The molecule has 0 unspecified atom stereocenters. The van der Waals surface area contributed by atoms with Gasteiger partial charge in [0.2, 0.25) is 0 Å². The van der Waals surface area contributed by atoms with Crippen LogP contribution in [0.1, 0.15) is 63.9 Å². The third kappa shape index (κ3) is 2.37. The molecule has 2 atom stereocenters. The molecule has 1 aromatic rings. The van der Waals surface area contributed by atoms with Crippen molar-refractivity contribution in [1.82, 2.24) is 0 Å². The Labute approximate surface area is 123 Å². The van der Waals surface area contributed by atoms with Gasteiger partial charge in [0.15, 0.2) is 0 Å². The van der Waals surface area contributed by atoms with Gasteiger partial charge in [0.05, 0.1) is 0 Å². The van der Waals surface area contributed by atoms with Crippen molar-refractivity contribution in [2.75, 3.05) is 0 Å².